The van der Waals surface area contributed by atoms with Gasteiger partial charge < -0.3 is 10.1 Å². The molecule has 0 bridgehead atoms. The maximum atomic E-state index is 13.3. The summed E-state index contributed by atoms with van der Waals surface area (Å²) in [7, 11) is -2.06. The van der Waals surface area contributed by atoms with Crippen LogP contribution in [-0.2, 0) is 16.6 Å². The summed E-state index contributed by atoms with van der Waals surface area (Å²) in [6.07, 6.45) is 0. The highest BCUT2D eigenvalue weighted by molar-refractivity contribution is 7.89. The molecule has 5 nitrogen and oxygen atoms in total. The fourth-order valence-corrected chi connectivity index (χ4v) is 1.70. The van der Waals surface area contributed by atoms with Gasteiger partial charge in [-0.2, -0.15) is 0 Å². The molecule has 0 atom stereocenters. The molecule has 0 heterocycles. The third kappa shape index (κ3) is 5.12. The Morgan fingerprint density at radius 2 is 2.18 bits per heavy atom. The van der Waals surface area contributed by atoms with Gasteiger partial charge in [0.05, 0.1) is 12.9 Å². The van der Waals surface area contributed by atoms with E-state index in [0.29, 0.717) is 12.1 Å². The van der Waals surface area contributed by atoms with Gasteiger partial charge in [0, 0.05) is 13.1 Å². The summed E-state index contributed by atoms with van der Waals surface area (Å²) in [6, 6.07) is 4.56. The maximum absolute atomic E-state index is 13.3. The lowest BCUT2D eigenvalue weighted by Crippen LogP contribution is -2.26. The van der Waals surface area contributed by atoms with E-state index in [1.807, 2.05) is 0 Å². The largest absolute Gasteiger partial charge is 0.494 e. The summed E-state index contributed by atoms with van der Waals surface area (Å²) in [5.74, 6) is -0.414. The van der Waals surface area contributed by atoms with Crippen molar-refractivity contribution in [3.05, 3.63) is 29.6 Å². The molecule has 0 fully saturated rings. The summed E-state index contributed by atoms with van der Waals surface area (Å²) in [5, 5.41) is 7.69. The average molecular weight is 262 g/mol. The first-order valence-corrected chi connectivity index (χ1v) is 6.67. The topological polar surface area (TPSA) is 81.4 Å². The van der Waals surface area contributed by atoms with E-state index in [0.717, 1.165) is 0 Å². The van der Waals surface area contributed by atoms with E-state index in [-0.39, 0.29) is 18.0 Å². The molecule has 0 saturated heterocycles. The minimum absolute atomic E-state index is 0.147. The van der Waals surface area contributed by atoms with Crippen molar-refractivity contribution in [2.45, 2.75) is 6.54 Å². The number of rotatable bonds is 6. The Hall–Kier alpha value is -1.18. The normalized spacial score (nSPS) is 11.5. The van der Waals surface area contributed by atoms with Crippen molar-refractivity contribution in [1.82, 2.24) is 5.32 Å². The fraction of sp³-hybridized carbons (Fsp3) is 0.400. The minimum atomic E-state index is -3.45. The average Bonchev–Trinajstić information content (AvgIpc) is 2.23. The minimum Gasteiger partial charge on any atom is -0.494 e. The van der Waals surface area contributed by atoms with Crippen LogP contribution in [-0.4, -0.2) is 27.8 Å². The van der Waals surface area contributed by atoms with Gasteiger partial charge >= 0.3 is 0 Å². The first kappa shape index (κ1) is 13.9. The number of ether oxygens (including phenoxy) is 1. The van der Waals surface area contributed by atoms with Crippen molar-refractivity contribution in [3.63, 3.8) is 0 Å². The highest BCUT2D eigenvalue weighted by atomic mass is 32.2. The Morgan fingerprint density at radius 1 is 1.47 bits per heavy atom. The van der Waals surface area contributed by atoms with Crippen molar-refractivity contribution in [2.75, 3.05) is 19.4 Å². The predicted molar refractivity (Wildman–Crippen MR) is 62.6 cm³/mol. The maximum Gasteiger partial charge on any atom is 0.210 e. The zero-order valence-corrected chi connectivity index (χ0v) is 10.3. The summed E-state index contributed by atoms with van der Waals surface area (Å²) < 4.78 is 39.3. The van der Waals surface area contributed by atoms with Crippen LogP contribution in [0.5, 0.6) is 5.75 Å². The lowest BCUT2D eigenvalue weighted by molar-refractivity contribution is 0.386. The molecule has 96 valence electrons. The molecule has 1 aromatic carbocycles. The quantitative estimate of drug-likeness (QED) is 0.718. The Bertz CT molecular complexity index is 476. The molecule has 0 amide bonds. The summed E-state index contributed by atoms with van der Waals surface area (Å²) >= 11 is 0. The van der Waals surface area contributed by atoms with Gasteiger partial charge in [-0.1, -0.05) is 6.07 Å². The zero-order valence-electron chi connectivity index (χ0n) is 9.44. The molecular weight excluding hydrogens is 247 g/mol. The number of hydrogen-bond donors (Lipinski definition) is 2. The van der Waals surface area contributed by atoms with E-state index in [9.17, 15) is 12.8 Å². The highest BCUT2D eigenvalue weighted by Crippen LogP contribution is 2.17. The van der Waals surface area contributed by atoms with Crippen molar-refractivity contribution >= 4 is 10.0 Å². The molecule has 0 aliphatic carbocycles. The van der Waals surface area contributed by atoms with E-state index < -0.39 is 15.8 Å². The molecule has 0 saturated carbocycles. The number of methoxy groups -OCH3 is 1. The van der Waals surface area contributed by atoms with Crippen LogP contribution in [0.2, 0.25) is 0 Å². The first-order chi connectivity index (χ1) is 7.92. The van der Waals surface area contributed by atoms with Crippen molar-refractivity contribution in [1.29, 1.82) is 0 Å². The van der Waals surface area contributed by atoms with Gasteiger partial charge in [-0.3, -0.25) is 0 Å². The number of primary sulfonamides is 1. The van der Waals surface area contributed by atoms with Gasteiger partial charge in [0.1, 0.15) is 0 Å². The second-order valence-corrected chi connectivity index (χ2v) is 5.25. The third-order valence-electron chi connectivity index (χ3n) is 2.11. The van der Waals surface area contributed by atoms with Gasteiger partial charge in [-0.05, 0) is 17.7 Å². The van der Waals surface area contributed by atoms with Crippen LogP contribution in [0.1, 0.15) is 5.56 Å². The Kier molecular flexibility index (Phi) is 4.86. The monoisotopic (exact) mass is 262 g/mol. The van der Waals surface area contributed by atoms with Crippen LogP contribution < -0.4 is 15.2 Å². The zero-order chi connectivity index (χ0) is 12.9. The number of nitrogens with one attached hydrogen (secondary N) is 1. The molecule has 17 heavy (non-hydrogen) atoms. The Balaban J connectivity index is 2.45. The number of sulfonamides is 1. The lowest BCUT2D eigenvalue weighted by Gasteiger charge is -2.06. The number of hydrogen-bond acceptors (Lipinski definition) is 4. The number of nitrogens with two attached hydrogens (primary N) is 1. The van der Waals surface area contributed by atoms with Crippen LogP contribution in [0.15, 0.2) is 18.2 Å². The summed E-state index contributed by atoms with van der Waals surface area (Å²) in [6.45, 7) is 0.600. The van der Waals surface area contributed by atoms with Crippen LogP contribution in [0.4, 0.5) is 4.39 Å². The second kappa shape index (κ2) is 5.95. The highest BCUT2D eigenvalue weighted by Gasteiger charge is 2.04. The molecule has 0 radical (unpaired) electrons. The van der Waals surface area contributed by atoms with Crippen LogP contribution in [0, 0.1) is 5.82 Å². The van der Waals surface area contributed by atoms with E-state index in [1.54, 1.807) is 6.07 Å². The predicted octanol–water partition coefficient (Wildman–Crippen LogP) is 0.212. The fourth-order valence-electron chi connectivity index (χ4n) is 1.27. The van der Waals surface area contributed by atoms with Gasteiger partial charge in [0.25, 0.3) is 0 Å². The van der Waals surface area contributed by atoms with E-state index in [2.05, 4.69) is 5.32 Å². The standard InChI is InChI=1S/C10H15FN2O3S/c1-16-10-3-2-8(6-9(10)11)7-13-4-5-17(12,14)15/h2-3,6,13H,4-5,7H2,1H3,(H2,12,14,15). The molecule has 0 aromatic heterocycles. The first-order valence-electron chi connectivity index (χ1n) is 4.96. The third-order valence-corrected chi connectivity index (χ3v) is 2.88. The molecule has 3 N–H and O–H groups in total. The van der Waals surface area contributed by atoms with Gasteiger partial charge in [0.15, 0.2) is 11.6 Å². The van der Waals surface area contributed by atoms with Crippen molar-refractivity contribution in [2.24, 2.45) is 5.14 Å². The van der Waals surface area contributed by atoms with E-state index >= 15 is 0 Å². The summed E-state index contributed by atoms with van der Waals surface area (Å²) in [4.78, 5) is 0. The molecule has 7 heteroatoms. The number of halogens is 1. The molecule has 1 rings (SSSR count). The lowest BCUT2D eigenvalue weighted by atomic mass is 10.2. The molecular formula is C10H15FN2O3S. The molecule has 0 spiro atoms. The van der Waals surface area contributed by atoms with E-state index in [4.69, 9.17) is 9.88 Å². The Morgan fingerprint density at radius 3 is 2.71 bits per heavy atom. The Labute approximate surface area is 99.8 Å². The van der Waals surface area contributed by atoms with Crippen molar-refractivity contribution in [3.8, 4) is 5.75 Å². The molecule has 1 aromatic rings. The molecule has 0 unspecified atom stereocenters. The smallest absolute Gasteiger partial charge is 0.210 e. The summed E-state index contributed by atoms with van der Waals surface area (Å²) in [5.41, 5.74) is 0.706. The SMILES string of the molecule is COc1ccc(CNCCS(N)(=O)=O)cc1F. The van der Waals surface area contributed by atoms with Crippen LogP contribution in [0.3, 0.4) is 0 Å². The molecule has 0 aliphatic rings. The van der Waals surface area contributed by atoms with Gasteiger partial charge in [0.2, 0.25) is 10.0 Å². The van der Waals surface area contributed by atoms with Crippen molar-refractivity contribution < 1.29 is 17.5 Å². The van der Waals surface area contributed by atoms with Crippen LogP contribution >= 0.6 is 0 Å². The van der Waals surface area contributed by atoms with Gasteiger partial charge in [-0.15, -0.1) is 0 Å². The molecule has 0 aliphatic heterocycles. The van der Waals surface area contributed by atoms with Crippen LogP contribution in [0.25, 0.3) is 0 Å². The second-order valence-electron chi connectivity index (χ2n) is 3.51. The number of benzene rings is 1. The van der Waals surface area contributed by atoms with E-state index in [1.165, 1.54) is 19.2 Å². The van der Waals surface area contributed by atoms with Gasteiger partial charge in [-0.25, -0.2) is 17.9 Å².